The van der Waals surface area contributed by atoms with E-state index < -0.39 is 16.7 Å². The molecule has 2 amide bonds. The van der Waals surface area contributed by atoms with Crippen LogP contribution in [0.1, 0.15) is 33.6 Å². The van der Waals surface area contributed by atoms with Gasteiger partial charge in [-0.3, -0.25) is 19.7 Å². The van der Waals surface area contributed by atoms with Crippen molar-refractivity contribution in [1.29, 1.82) is 0 Å². The lowest BCUT2D eigenvalue weighted by atomic mass is 10.1. The van der Waals surface area contributed by atoms with Crippen molar-refractivity contribution in [2.45, 2.75) is 12.8 Å². The number of nitrogens with two attached hydrogens (primary N) is 1. The summed E-state index contributed by atoms with van der Waals surface area (Å²) in [6, 6.07) is 10.7. The number of rotatable bonds is 5. The summed E-state index contributed by atoms with van der Waals surface area (Å²) in [5.41, 5.74) is 6.27. The van der Waals surface area contributed by atoms with Crippen molar-refractivity contribution in [3.63, 3.8) is 0 Å². The third-order valence-corrected chi connectivity index (χ3v) is 4.32. The van der Waals surface area contributed by atoms with Gasteiger partial charge in [-0.1, -0.05) is 12.1 Å². The Morgan fingerprint density at radius 1 is 1.12 bits per heavy atom. The van der Waals surface area contributed by atoms with Crippen LogP contribution >= 0.6 is 0 Å². The van der Waals surface area contributed by atoms with Crippen molar-refractivity contribution < 1.29 is 14.5 Å². The number of hydrogen-bond acceptors (Lipinski definition) is 5. The van der Waals surface area contributed by atoms with Gasteiger partial charge in [0.05, 0.1) is 16.2 Å². The topological polar surface area (TPSA) is 119 Å². The second-order valence-electron chi connectivity index (χ2n) is 6.02. The van der Waals surface area contributed by atoms with Crippen LogP contribution < -0.4 is 16.0 Å². The molecule has 0 radical (unpaired) electrons. The summed E-state index contributed by atoms with van der Waals surface area (Å²) in [5, 5.41) is 14.0. The van der Waals surface area contributed by atoms with E-state index in [1.165, 1.54) is 12.1 Å². The van der Waals surface area contributed by atoms with Crippen molar-refractivity contribution in [2.24, 2.45) is 5.73 Å². The minimum absolute atomic E-state index is 0.109. The van der Waals surface area contributed by atoms with Gasteiger partial charge in [0, 0.05) is 24.7 Å². The fourth-order valence-electron chi connectivity index (χ4n) is 3.04. The molecule has 0 aromatic heterocycles. The zero-order valence-electron chi connectivity index (χ0n) is 14.0. The number of carbonyl (C=O) groups is 2. The summed E-state index contributed by atoms with van der Waals surface area (Å²) < 4.78 is 0. The van der Waals surface area contributed by atoms with Gasteiger partial charge in [-0.15, -0.1) is 0 Å². The van der Waals surface area contributed by atoms with Crippen LogP contribution in [0.25, 0.3) is 0 Å². The number of amides is 2. The second-order valence-corrected chi connectivity index (χ2v) is 6.02. The summed E-state index contributed by atoms with van der Waals surface area (Å²) >= 11 is 0. The zero-order valence-corrected chi connectivity index (χ0v) is 14.0. The number of nitro groups is 1. The lowest BCUT2D eigenvalue weighted by molar-refractivity contribution is -0.384. The molecule has 1 heterocycles. The molecular formula is C18H18N4O4. The third-order valence-electron chi connectivity index (χ3n) is 4.32. The average molecular weight is 354 g/mol. The highest BCUT2D eigenvalue weighted by molar-refractivity contribution is 6.09. The zero-order chi connectivity index (χ0) is 18.7. The monoisotopic (exact) mass is 354 g/mol. The first-order chi connectivity index (χ1) is 12.5. The number of anilines is 2. The fourth-order valence-corrected chi connectivity index (χ4v) is 3.04. The number of nitro benzene ring substituents is 1. The third kappa shape index (κ3) is 3.49. The van der Waals surface area contributed by atoms with Crippen LogP contribution in [0.5, 0.6) is 0 Å². The smallest absolute Gasteiger partial charge is 0.293 e. The Morgan fingerprint density at radius 3 is 2.46 bits per heavy atom. The molecule has 1 fully saturated rings. The van der Waals surface area contributed by atoms with Gasteiger partial charge in [-0.05, 0) is 37.1 Å². The number of nitrogens with zero attached hydrogens (tertiary/aromatic N) is 2. The molecule has 134 valence electrons. The van der Waals surface area contributed by atoms with Crippen LogP contribution in [0, 0.1) is 10.1 Å². The first-order valence-corrected chi connectivity index (χ1v) is 8.21. The van der Waals surface area contributed by atoms with Gasteiger partial charge in [0.2, 0.25) is 0 Å². The minimum atomic E-state index is -0.670. The number of primary amides is 1. The molecule has 8 nitrogen and oxygen atoms in total. The average Bonchev–Trinajstić information content (AvgIpc) is 3.16. The molecule has 3 rings (SSSR count). The van der Waals surface area contributed by atoms with E-state index in [4.69, 9.17) is 5.73 Å². The standard InChI is InChI=1S/C18H18N4O4/c19-17(23)13-5-1-2-6-14(13)20-18(24)12-7-8-15(16(11-12)22(25)26)21-9-3-4-10-21/h1-2,5-8,11H,3-4,9-10H2,(H2,19,23)(H,20,24). The predicted molar refractivity (Wildman–Crippen MR) is 97.5 cm³/mol. The van der Waals surface area contributed by atoms with Gasteiger partial charge in [0.25, 0.3) is 17.5 Å². The van der Waals surface area contributed by atoms with Crippen LogP contribution in [0.3, 0.4) is 0 Å². The van der Waals surface area contributed by atoms with Gasteiger partial charge in [0.15, 0.2) is 0 Å². The Balaban J connectivity index is 1.89. The van der Waals surface area contributed by atoms with Crippen molar-refractivity contribution in [2.75, 3.05) is 23.3 Å². The molecule has 1 saturated heterocycles. The van der Waals surface area contributed by atoms with Crippen LogP contribution in [0.4, 0.5) is 17.1 Å². The van der Waals surface area contributed by atoms with Gasteiger partial charge in [-0.2, -0.15) is 0 Å². The van der Waals surface area contributed by atoms with Gasteiger partial charge in [-0.25, -0.2) is 0 Å². The number of hydrogen-bond donors (Lipinski definition) is 2. The molecule has 1 aliphatic rings. The maximum Gasteiger partial charge on any atom is 0.293 e. The molecular weight excluding hydrogens is 336 g/mol. The lowest BCUT2D eigenvalue weighted by Crippen LogP contribution is -2.20. The number of nitrogens with one attached hydrogen (secondary N) is 1. The Labute approximate surface area is 149 Å². The number of benzene rings is 2. The van der Waals surface area contributed by atoms with E-state index in [1.807, 2.05) is 4.90 Å². The van der Waals surface area contributed by atoms with Crippen LogP contribution in [0.15, 0.2) is 42.5 Å². The van der Waals surface area contributed by atoms with Crippen LogP contribution in [-0.2, 0) is 0 Å². The molecule has 2 aromatic carbocycles. The molecule has 0 spiro atoms. The quantitative estimate of drug-likeness (QED) is 0.632. The van der Waals surface area contributed by atoms with Crippen LogP contribution in [-0.4, -0.2) is 29.8 Å². The lowest BCUT2D eigenvalue weighted by Gasteiger charge is -2.18. The van der Waals surface area contributed by atoms with Gasteiger partial charge in [0.1, 0.15) is 5.69 Å². The molecule has 2 aromatic rings. The largest absolute Gasteiger partial charge is 0.366 e. The van der Waals surface area contributed by atoms with E-state index in [0.29, 0.717) is 5.69 Å². The number of para-hydroxylation sites is 1. The van der Waals surface area contributed by atoms with E-state index in [9.17, 15) is 19.7 Å². The second kappa shape index (κ2) is 7.22. The Hall–Kier alpha value is -3.42. The molecule has 0 bridgehead atoms. The van der Waals surface area contributed by atoms with E-state index in [1.54, 1.807) is 30.3 Å². The summed E-state index contributed by atoms with van der Waals surface area (Å²) in [7, 11) is 0. The molecule has 0 saturated carbocycles. The summed E-state index contributed by atoms with van der Waals surface area (Å²) in [5.74, 6) is -1.22. The summed E-state index contributed by atoms with van der Waals surface area (Å²) in [6.45, 7) is 1.52. The molecule has 0 unspecified atom stereocenters. The van der Waals surface area contributed by atoms with Crippen LogP contribution in [0.2, 0.25) is 0 Å². The number of carbonyl (C=O) groups excluding carboxylic acids is 2. The highest BCUT2D eigenvalue weighted by atomic mass is 16.6. The predicted octanol–water partition coefficient (Wildman–Crippen LogP) is 2.55. The van der Waals surface area contributed by atoms with Gasteiger partial charge < -0.3 is 16.0 Å². The molecule has 3 N–H and O–H groups in total. The summed E-state index contributed by atoms with van der Waals surface area (Å²) in [6.07, 6.45) is 1.98. The Kier molecular flexibility index (Phi) is 4.83. The first-order valence-electron chi connectivity index (χ1n) is 8.21. The maximum absolute atomic E-state index is 12.5. The normalized spacial score (nSPS) is 13.5. The van der Waals surface area contributed by atoms with E-state index in [2.05, 4.69) is 5.32 Å². The maximum atomic E-state index is 12.5. The Morgan fingerprint density at radius 2 is 1.81 bits per heavy atom. The molecule has 26 heavy (non-hydrogen) atoms. The molecule has 8 heteroatoms. The first kappa shape index (κ1) is 17.4. The van der Waals surface area contributed by atoms with Crippen molar-refractivity contribution in [1.82, 2.24) is 0 Å². The van der Waals surface area contributed by atoms with Crippen molar-refractivity contribution in [3.8, 4) is 0 Å². The van der Waals surface area contributed by atoms with Gasteiger partial charge >= 0.3 is 0 Å². The molecule has 1 aliphatic heterocycles. The van der Waals surface area contributed by atoms with Crippen molar-refractivity contribution in [3.05, 3.63) is 63.7 Å². The van der Waals surface area contributed by atoms with Crippen molar-refractivity contribution >= 4 is 28.9 Å². The van der Waals surface area contributed by atoms with E-state index in [0.717, 1.165) is 25.9 Å². The van der Waals surface area contributed by atoms with E-state index in [-0.39, 0.29) is 22.5 Å². The Bertz CT molecular complexity index is 875. The fraction of sp³-hybridized carbons (Fsp3) is 0.222. The van der Waals surface area contributed by atoms with E-state index >= 15 is 0 Å². The SMILES string of the molecule is NC(=O)c1ccccc1NC(=O)c1ccc(N2CCCC2)c([N+](=O)[O-])c1. The highest BCUT2D eigenvalue weighted by Crippen LogP contribution is 2.32. The summed E-state index contributed by atoms with van der Waals surface area (Å²) in [4.78, 5) is 36.9. The highest BCUT2D eigenvalue weighted by Gasteiger charge is 2.24. The minimum Gasteiger partial charge on any atom is -0.366 e. The molecule has 0 aliphatic carbocycles. The molecule has 0 atom stereocenters.